The average Bonchev–Trinajstić information content (AvgIpc) is 2.78. The van der Waals surface area contributed by atoms with Crippen molar-refractivity contribution in [3.05, 3.63) is 50.6 Å². The van der Waals surface area contributed by atoms with Crippen LogP contribution in [0.2, 0.25) is 0 Å². The maximum Gasteiger partial charge on any atom is 0.119 e. The van der Waals surface area contributed by atoms with Crippen LogP contribution in [0.15, 0.2) is 40.2 Å². The highest BCUT2D eigenvalue weighted by molar-refractivity contribution is 9.11. The molecule has 0 amide bonds. The first-order chi connectivity index (χ1) is 9.10. The Morgan fingerprint density at radius 3 is 2.32 bits per heavy atom. The molecule has 0 aliphatic rings. The van der Waals surface area contributed by atoms with Gasteiger partial charge in [0.05, 0.1) is 15.9 Å². The third-order valence-electron chi connectivity index (χ3n) is 2.63. The van der Waals surface area contributed by atoms with Gasteiger partial charge in [0.25, 0.3) is 0 Å². The summed E-state index contributed by atoms with van der Waals surface area (Å²) < 4.78 is 6.74. The van der Waals surface area contributed by atoms with Crippen LogP contribution in [-0.4, -0.2) is 6.10 Å². The number of hydrazine groups is 1. The summed E-state index contributed by atoms with van der Waals surface area (Å²) in [6, 6.07) is 12.1. The average molecular weight is 341 g/mol. The highest BCUT2D eigenvalue weighted by atomic mass is 79.9. The molecule has 0 saturated carbocycles. The van der Waals surface area contributed by atoms with Crippen molar-refractivity contribution in [1.82, 2.24) is 5.43 Å². The van der Waals surface area contributed by atoms with E-state index >= 15 is 0 Å². The molecule has 0 aliphatic heterocycles. The quantitative estimate of drug-likeness (QED) is 0.641. The number of benzene rings is 1. The number of nitrogens with one attached hydrogen (secondary N) is 1. The smallest absolute Gasteiger partial charge is 0.119 e. The van der Waals surface area contributed by atoms with Crippen LogP contribution in [0.4, 0.5) is 0 Å². The standard InChI is InChI=1S/C14H17BrN2OS/c1-9(2)18-11-5-3-10(4-6-11)14(17-16)12-7-8-13(15)19-12/h3-9,14,17H,16H2,1-2H3. The maximum absolute atomic E-state index is 5.67. The lowest BCUT2D eigenvalue weighted by Gasteiger charge is -2.16. The van der Waals surface area contributed by atoms with E-state index in [2.05, 4.69) is 27.4 Å². The fourth-order valence-electron chi connectivity index (χ4n) is 1.84. The number of thiophene rings is 1. The summed E-state index contributed by atoms with van der Waals surface area (Å²) in [5.74, 6) is 6.55. The molecule has 1 heterocycles. The van der Waals surface area contributed by atoms with Gasteiger partial charge in [0.15, 0.2) is 0 Å². The van der Waals surface area contributed by atoms with Crippen LogP contribution in [0.1, 0.15) is 30.3 Å². The van der Waals surface area contributed by atoms with Gasteiger partial charge in [0.2, 0.25) is 0 Å². The first-order valence-corrected chi connectivity index (χ1v) is 7.69. The van der Waals surface area contributed by atoms with E-state index in [0.29, 0.717) is 0 Å². The molecule has 1 unspecified atom stereocenters. The second-order valence-corrected chi connectivity index (χ2v) is 6.97. The highest BCUT2D eigenvalue weighted by Crippen LogP contribution is 2.31. The van der Waals surface area contributed by atoms with Crippen LogP contribution in [-0.2, 0) is 0 Å². The minimum absolute atomic E-state index is 0.00407. The second kappa shape index (κ2) is 6.52. The number of hydrogen-bond donors (Lipinski definition) is 2. The predicted molar refractivity (Wildman–Crippen MR) is 83.4 cm³/mol. The van der Waals surface area contributed by atoms with Gasteiger partial charge in [-0.15, -0.1) is 11.3 Å². The van der Waals surface area contributed by atoms with Crippen molar-refractivity contribution in [2.75, 3.05) is 0 Å². The molecule has 0 bridgehead atoms. The molecule has 3 nitrogen and oxygen atoms in total. The van der Waals surface area contributed by atoms with Crippen molar-refractivity contribution < 1.29 is 4.74 Å². The zero-order chi connectivity index (χ0) is 13.8. The normalized spacial score (nSPS) is 12.7. The summed E-state index contributed by atoms with van der Waals surface area (Å²) in [6.07, 6.45) is 0.183. The number of hydrogen-bond acceptors (Lipinski definition) is 4. The van der Waals surface area contributed by atoms with Crippen LogP contribution in [0.5, 0.6) is 5.75 Å². The molecule has 1 aromatic heterocycles. The fourth-order valence-corrected chi connectivity index (χ4v) is 3.35. The molecule has 0 saturated heterocycles. The highest BCUT2D eigenvalue weighted by Gasteiger charge is 2.14. The van der Waals surface area contributed by atoms with E-state index in [1.54, 1.807) is 11.3 Å². The van der Waals surface area contributed by atoms with Crippen LogP contribution < -0.4 is 16.0 Å². The molecule has 102 valence electrons. The van der Waals surface area contributed by atoms with E-state index in [0.717, 1.165) is 15.1 Å². The molecule has 0 spiro atoms. The predicted octanol–water partition coefficient (Wildman–Crippen LogP) is 3.85. The Hall–Kier alpha value is -0.880. The molecule has 0 aliphatic carbocycles. The van der Waals surface area contributed by atoms with Gasteiger partial charge in [0.1, 0.15) is 5.75 Å². The molecule has 1 atom stereocenters. The molecule has 19 heavy (non-hydrogen) atoms. The fraction of sp³-hybridized carbons (Fsp3) is 0.286. The molecule has 1 aromatic carbocycles. The van der Waals surface area contributed by atoms with E-state index in [-0.39, 0.29) is 12.1 Å². The summed E-state index contributed by atoms with van der Waals surface area (Å²) in [5, 5.41) is 0. The van der Waals surface area contributed by atoms with E-state index in [9.17, 15) is 0 Å². The third kappa shape index (κ3) is 3.79. The minimum Gasteiger partial charge on any atom is -0.491 e. The zero-order valence-electron chi connectivity index (χ0n) is 10.9. The van der Waals surface area contributed by atoms with Crippen molar-refractivity contribution in [2.24, 2.45) is 5.84 Å². The van der Waals surface area contributed by atoms with Gasteiger partial charge in [-0.2, -0.15) is 0 Å². The number of nitrogens with two attached hydrogens (primary N) is 1. The van der Waals surface area contributed by atoms with Crippen molar-refractivity contribution in [3.63, 3.8) is 0 Å². The van der Waals surface area contributed by atoms with E-state index in [1.165, 1.54) is 4.88 Å². The maximum atomic E-state index is 5.67. The van der Waals surface area contributed by atoms with Gasteiger partial charge in [0, 0.05) is 4.88 Å². The van der Waals surface area contributed by atoms with Crippen LogP contribution in [0, 0.1) is 0 Å². The lowest BCUT2D eigenvalue weighted by Crippen LogP contribution is -2.28. The Kier molecular flexibility index (Phi) is 4.99. The minimum atomic E-state index is 0.00407. The van der Waals surface area contributed by atoms with Crippen molar-refractivity contribution in [3.8, 4) is 5.75 Å². The number of rotatable bonds is 5. The lowest BCUT2D eigenvalue weighted by atomic mass is 10.1. The molecule has 2 rings (SSSR count). The van der Waals surface area contributed by atoms with Gasteiger partial charge >= 0.3 is 0 Å². The summed E-state index contributed by atoms with van der Waals surface area (Å²) in [5.41, 5.74) is 3.98. The molecule has 3 N–H and O–H groups in total. The Morgan fingerprint density at radius 1 is 1.16 bits per heavy atom. The Balaban J connectivity index is 2.19. The van der Waals surface area contributed by atoms with Gasteiger partial charge in [-0.05, 0) is 59.6 Å². The van der Waals surface area contributed by atoms with E-state index < -0.39 is 0 Å². The number of halogens is 1. The third-order valence-corrected chi connectivity index (χ3v) is 4.32. The van der Waals surface area contributed by atoms with Crippen molar-refractivity contribution in [2.45, 2.75) is 26.0 Å². The largest absolute Gasteiger partial charge is 0.491 e. The topological polar surface area (TPSA) is 47.3 Å². The second-order valence-electron chi connectivity index (χ2n) is 4.48. The Labute approximate surface area is 125 Å². The summed E-state index contributed by atoms with van der Waals surface area (Å²) in [7, 11) is 0. The first kappa shape index (κ1) is 14.5. The molecule has 5 heteroatoms. The lowest BCUT2D eigenvalue weighted by molar-refractivity contribution is 0.242. The summed E-state index contributed by atoms with van der Waals surface area (Å²) in [4.78, 5) is 1.17. The summed E-state index contributed by atoms with van der Waals surface area (Å²) in [6.45, 7) is 4.03. The SMILES string of the molecule is CC(C)Oc1ccc(C(NN)c2ccc(Br)s2)cc1. The number of ether oxygens (including phenoxy) is 1. The van der Waals surface area contributed by atoms with Gasteiger partial charge < -0.3 is 4.74 Å². The Morgan fingerprint density at radius 2 is 1.84 bits per heavy atom. The first-order valence-electron chi connectivity index (χ1n) is 6.08. The van der Waals surface area contributed by atoms with E-state index in [1.807, 2.05) is 44.2 Å². The monoisotopic (exact) mass is 340 g/mol. The molecular weight excluding hydrogens is 324 g/mol. The van der Waals surface area contributed by atoms with Gasteiger partial charge in [-0.25, -0.2) is 5.43 Å². The molecule has 0 fully saturated rings. The van der Waals surface area contributed by atoms with Gasteiger partial charge in [-0.1, -0.05) is 12.1 Å². The van der Waals surface area contributed by atoms with Crippen molar-refractivity contribution in [1.29, 1.82) is 0 Å². The molecule has 2 aromatic rings. The molecular formula is C14H17BrN2OS. The zero-order valence-corrected chi connectivity index (χ0v) is 13.3. The van der Waals surface area contributed by atoms with Crippen LogP contribution >= 0.6 is 27.3 Å². The summed E-state index contributed by atoms with van der Waals surface area (Å²) >= 11 is 5.14. The van der Waals surface area contributed by atoms with Gasteiger partial charge in [-0.3, -0.25) is 5.84 Å². The van der Waals surface area contributed by atoms with Crippen LogP contribution in [0.25, 0.3) is 0 Å². The van der Waals surface area contributed by atoms with Crippen LogP contribution in [0.3, 0.4) is 0 Å². The molecule has 0 radical (unpaired) electrons. The van der Waals surface area contributed by atoms with Crippen molar-refractivity contribution >= 4 is 27.3 Å². The van der Waals surface area contributed by atoms with E-state index in [4.69, 9.17) is 10.6 Å². The Bertz CT molecular complexity index is 524.